The van der Waals surface area contributed by atoms with Gasteiger partial charge in [0.05, 0.1) is 6.61 Å². The van der Waals surface area contributed by atoms with Crippen molar-refractivity contribution in [3.8, 4) is 17.2 Å². The van der Waals surface area contributed by atoms with Crippen molar-refractivity contribution in [2.24, 2.45) is 0 Å². The zero-order chi connectivity index (χ0) is 9.26. The summed E-state index contributed by atoms with van der Waals surface area (Å²) < 4.78 is 10.6. The van der Waals surface area contributed by atoms with E-state index in [0.717, 1.165) is 0 Å². The quantitative estimate of drug-likeness (QED) is 0.665. The number of aliphatic hydroxyl groups excluding tert-OH is 1. The fraction of sp³-hybridized carbons (Fsp3) is 0.333. The van der Waals surface area contributed by atoms with Crippen LogP contribution < -0.4 is 9.47 Å². The predicted molar refractivity (Wildman–Crippen MR) is 45.1 cm³/mol. The highest BCUT2D eigenvalue weighted by atomic mass is 16.6. The van der Waals surface area contributed by atoms with E-state index in [1.807, 2.05) is 0 Å². The number of benzene rings is 1. The number of hydrogen-bond acceptors (Lipinski definition) is 4. The van der Waals surface area contributed by atoms with Crippen molar-refractivity contribution in [2.45, 2.75) is 6.10 Å². The maximum atomic E-state index is 9.15. The first-order chi connectivity index (χ1) is 6.29. The molecule has 0 amide bonds. The molecule has 1 atom stereocenters. The maximum Gasteiger partial charge on any atom is 0.165 e. The minimum absolute atomic E-state index is 0.0882. The third-order valence-corrected chi connectivity index (χ3v) is 1.85. The molecule has 2 N–H and O–H groups in total. The molecule has 0 aliphatic carbocycles. The lowest BCUT2D eigenvalue weighted by atomic mass is 10.2. The third-order valence-electron chi connectivity index (χ3n) is 1.85. The van der Waals surface area contributed by atoms with Gasteiger partial charge in [-0.05, 0) is 12.1 Å². The number of aromatic hydroxyl groups is 1. The van der Waals surface area contributed by atoms with Gasteiger partial charge < -0.3 is 19.7 Å². The van der Waals surface area contributed by atoms with Crippen LogP contribution in [0.1, 0.15) is 0 Å². The van der Waals surface area contributed by atoms with Crippen LogP contribution in [0.15, 0.2) is 18.2 Å². The number of hydrogen-bond donors (Lipinski definition) is 2. The van der Waals surface area contributed by atoms with Crippen molar-refractivity contribution < 1.29 is 19.7 Å². The van der Waals surface area contributed by atoms with Crippen LogP contribution in [0.2, 0.25) is 0 Å². The van der Waals surface area contributed by atoms with Gasteiger partial charge >= 0.3 is 0 Å². The largest absolute Gasteiger partial charge is 0.508 e. The van der Waals surface area contributed by atoms with Gasteiger partial charge in [0.25, 0.3) is 0 Å². The van der Waals surface area contributed by atoms with Crippen molar-refractivity contribution in [2.75, 3.05) is 13.2 Å². The van der Waals surface area contributed by atoms with Gasteiger partial charge in [-0.2, -0.15) is 0 Å². The molecule has 0 unspecified atom stereocenters. The first kappa shape index (κ1) is 8.19. The molecule has 0 saturated carbocycles. The first-order valence-electron chi connectivity index (χ1n) is 4.03. The monoisotopic (exact) mass is 182 g/mol. The molecule has 2 rings (SSSR count). The maximum absolute atomic E-state index is 9.15. The molecule has 13 heavy (non-hydrogen) atoms. The Morgan fingerprint density at radius 3 is 3.00 bits per heavy atom. The van der Waals surface area contributed by atoms with Crippen LogP contribution in [0, 0.1) is 0 Å². The van der Waals surface area contributed by atoms with E-state index in [2.05, 4.69) is 0 Å². The summed E-state index contributed by atoms with van der Waals surface area (Å²) in [5.41, 5.74) is 0. The van der Waals surface area contributed by atoms with Crippen molar-refractivity contribution in [3.63, 3.8) is 0 Å². The highest BCUT2D eigenvalue weighted by Crippen LogP contribution is 2.34. The van der Waals surface area contributed by atoms with Crippen molar-refractivity contribution in [1.82, 2.24) is 0 Å². The highest BCUT2D eigenvalue weighted by molar-refractivity contribution is 5.45. The van der Waals surface area contributed by atoms with Gasteiger partial charge in [-0.15, -0.1) is 0 Å². The second-order valence-electron chi connectivity index (χ2n) is 2.86. The summed E-state index contributed by atoms with van der Waals surface area (Å²) in [6.07, 6.45) is -0.339. The number of rotatable bonds is 1. The fourth-order valence-corrected chi connectivity index (χ4v) is 1.19. The first-order valence-corrected chi connectivity index (χ1v) is 4.03. The van der Waals surface area contributed by atoms with E-state index in [0.29, 0.717) is 18.1 Å². The van der Waals surface area contributed by atoms with E-state index in [4.69, 9.17) is 19.7 Å². The Hall–Kier alpha value is -1.42. The number of aliphatic hydroxyl groups is 1. The molecule has 1 aliphatic rings. The summed E-state index contributed by atoms with van der Waals surface area (Å²) in [5.74, 6) is 1.20. The Morgan fingerprint density at radius 2 is 2.23 bits per heavy atom. The van der Waals surface area contributed by atoms with Gasteiger partial charge in [0, 0.05) is 6.07 Å². The van der Waals surface area contributed by atoms with Gasteiger partial charge in [-0.25, -0.2) is 0 Å². The lowest BCUT2D eigenvalue weighted by molar-refractivity contribution is 0.0454. The second-order valence-corrected chi connectivity index (χ2v) is 2.86. The van der Waals surface area contributed by atoms with Crippen LogP contribution in [0.3, 0.4) is 0 Å². The summed E-state index contributed by atoms with van der Waals surface area (Å²) in [4.78, 5) is 0. The van der Waals surface area contributed by atoms with E-state index in [9.17, 15) is 0 Å². The molecule has 0 bridgehead atoms. The van der Waals surface area contributed by atoms with Gasteiger partial charge in [-0.3, -0.25) is 0 Å². The summed E-state index contributed by atoms with van der Waals surface area (Å²) >= 11 is 0. The van der Waals surface area contributed by atoms with Crippen LogP contribution in [-0.2, 0) is 0 Å². The summed E-state index contributed by atoms with van der Waals surface area (Å²) in [7, 11) is 0. The zero-order valence-electron chi connectivity index (χ0n) is 6.93. The van der Waals surface area contributed by atoms with Crippen LogP contribution in [0.4, 0.5) is 0 Å². The Labute approximate surface area is 75.3 Å². The molecule has 0 spiro atoms. The van der Waals surface area contributed by atoms with Gasteiger partial charge in [0.1, 0.15) is 12.4 Å². The minimum atomic E-state index is -0.339. The number of ether oxygens (including phenoxy) is 2. The summed E-state index contributed by atoms with van der Waals surface area (Å²) in [6.45, 7) is 0.253. The van der Waals surface area contributed by atoms with E-state index in [-0.39, 0.29) is 18.5 Å². The van der Waals surface area contributed by atoms with E-state index >= 15 is 0 Å². The summed E-state index contributed by atoms with van der Waals surface area (Å²) in [6, 6.07) is 4.64. The zero-order valence-corrected chi connectivity index (χ0v) is 6.93. The molecule has 1 aliphatic heterocycles. The molecule has 0 fully saturated rings. The topological polar surface area (TPSA) is 58.9 Å². The molecular formula is C9H10O4. The average molecular weight is 182 g/mol. The Bertz CT molecular complexity index is 310. The SMILES string of the molecule is OC[C@H]1COc2ccc(O)cc2O1. The highest BCUT2D eigenvalue weighted by Gasteiger charge is 2.20. The van der Waals surface area contributed by atoms with Crippen LogP contribution in [0.5, 0.6) is 17.2 Å². The molecule has 0 radical (unpaired) electrons. The Balaban J connectivity index is 2.27. The molecule has 1 heterocycles. The minimum Gasteiger partial charge on any atom is -0.508 e. The molecule has 70 valence electrons. The molecule has 1 aromatic rings. The Morgan fingerprint density at radius 1 is 1.38 bits per heavy atom. The lowest BCUT2D eigenvalue weighted by Crippen LogP contribution is -2.32. The van der Waals surface area contributed by atoms with Crippen molar-refractivity contribution in [3.05, 3.63) is 18.2 Å². The van der Waals surface area contributed by atoms with Crippen molar-refractivity contribution in [1.29, 1.82) is 0 Å². The number of phenolic OH excluding ortho intramolecular Hbond substituents is 1. The smallest absolute Gasteiger partial charge is 0.165 e. The average Bonchev–Trinajstić information content (AvgIpc) is 2.16. The molecule has 4 nitrogen and oxygen atoms in total. The lowest BCUT2D eigenvalue weighted by Gasteiger charge is -2.24. The van der Waals surface area contributed by atoms with Gasteiger partial charge in [0.2, 0.25) is 0 Å². The molecular weight excluding hydrogens is 172 g/mol. The molecule has 0 saturated heterocycles. The molecule has 0 aromatic heterocycles. The molecule has 1 aromatic carbocycles. The molecule has 4 heteroatoms. The Kier molecular flexibility index (Phi) is 1.98. The van der Waals surface area contributed by atoms with E-state index in [1.165, 1.54) is 12.1 Å². The van der Waals surface area contributed by atoms with Gasteiger partial charge in [0.15, 0.2) is 17.6 Å². The van der Waals surface area contributed by atoms with E-state index in [1.54, 1.807) is 6.07 Å². The van der Waals surface area contributed by atoms with Gasteiger partial charge in [-0.1, -0.05) is 0 Å². The fourth-order valence-electron chi connectivity index (χ4n) is 1.19. The van der Waals surface area contributed by atoms with Crippen LogP contribution in [-0.4, -0.2) is 29.5 Å². The standard InChI is InChI=1S/C9H10O4/c10-4-7-5-12-8-2-1-6(11)3-9(8)13-7/h1-3,7,10-11H,4-5H2/t7-/m0/s1. The predicted octanol–water partition coefficient (Wildman–Crippen LogP) is 0.524. The summed E-state index contributed by atoms with van der Waals surface area (Å²) in [5, 5.41) is 18.0. The third kappa shape index (κ3) is 1.53. The second kappa shape index (κ2) is 3.14. The van der Waals surface area contributed by atoms with Crippen molar-refractivity contribution >= 4 is 0 Å². The normalized spacial score (nSPS) is 19.9. The van der Waals surface area contributed by atoms with Crippen LogP contribution >= 0.6 is 0 Å². The number of phenols is 1. The van der Waals surface area contributed by atoms with E-state index < -0.39 is 0 Å². The van der Waals surface area contributed by atoms with Crippen LogP contribution in [0.25, 0.3) is 0 Å². The number of fused-ring (bicyclic) bond motifs is 1.